The molecule has 0 saturated heterocycles. The van der Waals surface area contributed by atoms with Crippen LogP contribution in [-0.2, 0) is 9.59 Å². The lowest BCUT2D eigenvalue weighted by Crippen LogP contribution is -2.54. The zero-order valence-electron chi connectivity index (χ0n) is 10.8. The zero-order valence-corrected chi connectivity index (χ0v) is 12.4. The Morgan fingerprint density at radius 3 is 2.00 bits per heavy atom. The Morgan fingerprint density at radius 1 is 1.10 bits per heavy atom. The van der Waals surface area contributed by atoms with E-state index in [2.05, 4.69) is 15.9 Å². The van der Waals surface area contributed by atoms with E-state index in [-0.39, 0.29) is 18.4 Å². The van der Waals surface area contributed by atoms with Gasteiger partial charge >= 0.3 is 0 Å². The highest BCUT2D eigenvalue weighted by Crippen LogP contribution is 2.29. The van der Waals surface area contributed by atoms with Crippen molar-refractivity contribution < 1.29 is 24.6 Å². The van der Waals surface area contributed by atoms with Gasteiger partial charge in [0.1, 0.15) is 0 Å². The molecule has 1 aromatic carbocycles. The average Bonchev–Trinajstić information content (AvgIpc) is 2.38. The summed E-state index contributed by atoms with van der Waals surface area (Å²) in [6.07, 6.45) is -0.595. The maximum absolute atomic E-state index is 12.1. The Bertz CT molecular complexity index is 507. The molecule has 0 bridgehead atoms. The van der Waals surface area contributed by atoms with Gasteiger partial charge in [0.05, 0.1) is 17.4 Å². The van der Waals surface area contributed by atoms with Crippen LogP contribution in [0.1, 0.15) is 36.5 Å². The summed E-state index contributed by atoms with van der Waals surface area (Å²) in [5.74, 6) is -4.14. The molecule has 0 amide bonds. The van der Waals surface area contributed by atoms with Gasteiger partial charge in [-0.3, -0.25) is 4.79 Å². The van der Waals surface area contributed by atoms with Crippen LogP contribution in [0.2, 0.25) is 0 Å². The van der Waals surface area contributed by atoms with E-state index in [0.717, 1.165) is 4.47 Å². The Kier molecular flexibility index (Phi) is 5.44. The highest BCUT2D eigenvalue weighted by molar-refractivity contribution is 9.10. The molecule has 108 valence electrons. The number of halogens is 1. The molecule has 0 fully saturated rings. The number of ketones is 1. The number of hydrogen-bond donors (Lipinski definition) is 0. The lowest BCUT2D eigenvalue weighted by Gasteiger charge is -2.35. The van der Waals surface area contributed by atoms with Crippen molar-refractivity contribution >= 4 is 33.7 Å². The highest BCUT2D eigenvalue weighted by atomic mass is 79.9. The maximum atomic E-state index is 12.1. The first-order valence-corrected chi connectivity index (χ1v) is 6.84. The summed E-state index contributed by atoms with van der Waals surface area (Å²) in [5.41, 5.74) is -2.03. The zero-order chi connectivity index (χ0) is 15.3. The van der Waals surface area contributed by atoms with Gasteiger partial charge in [0, 0.05) is 16.5 Å². The fraction of sp³-hybridized carbons (Fsp3) is 0.357. The number of aliphatic carboxylic acids is 2. The summed E-state index contributed by atoms with van der Waals surface area (Å²) in [6, 6.07) is 6.22. The van der Waals surface area contributed by atoms with Crippen LogP contribution in [0.3, 0.4) is 0 Å². The molecule has 6 heteroatoms. The molecule has 0 unspecified atom stereocenters. The molecular weight excluding hydrogens is 328 g/mol. The van der Waals surface area contributed by atoms with Crippen molar-refractivity contribution in [3.63, 3.8) is 0 Å². The van der Waals surface area contributed by atoms with Gasteiger partial charge in [-0.25, -0.2) is 0 Å². The molecule has 0 aliphatic heterocycles. The fourth-order valence-electron chi connectivity index (χ4n) is 1.96. The molecule has 0 heterocycles. The van der Waals surface area contributed by atoms with E-state index >= 15 is 0 Å². The molecule has 0 aromatic heterocycles. The maximum Gasteiger partial charge on any atom is 0.164 e. The van der Waals surface area contributed by atoms with E-state index in [0.29, 0.717) is 0 Å². The summed E-state index contributed by atoms with van der Waals surface area (Å²) in [6.45, 7) is 1.63. The third-order valence-corrected chi connectivity index (χ3v) is 3.62. The van der Waals surface area contributed by atoms with Gasteiger partial charge < -0.3 is 19.8 Å². The molecule has 0 N–H and O–H groups in total. The first-order chi connectivity index (χ1) is 9.33. The molecule has 5 nitrogen and oxygen atoms in total. The van der Waals surface area contributed by atoms with Gasteiger partial charge in [-0.15, -0.1) is 0 Å². The van der Waals surface area contributed by atoms with Crippen LogP contribution in [0.5, 0.6) is 0 Å². The Hall–Kier alpha value is -1.69. The lowest BCUT2D eigenvalue weighted by atomic mass is 9.78. The van der Waals surface area contributed by atoms with Crippen LogP contribution in [-0.4, -0.2) is 17.7 Å². The molecular formula is C14H13BrO5-2. The minimum atomic E-state index is -2.28. The Balaban J connectivity index is 3.06. The summed E-state index contributed by atoms with van der Waals surface area (Å²) in [4.78, 5) is 34.4. The second-order valence-electron chi connectivity index (χ2n) is 4.51. The van der Waals surface area contributed by atoms with Crippen molar-refractivity contribution in [2.75, 3.05) is 0 Å². The highest BCUT2D eigenvalue weighted by Gasteiger charge is 2.35. The summed E-state index contributed by atoms with van der Waals surface area (Å²) in [5, 5.41) is 22.4. The normalized spacial score (nSPS) is 11.1. The summed E-state index contributed by atoms with van der Waals surface area (Å²) in [7, 11) is 0. The first-order valence-electron chi connectivity index (χ1n) is 6.05. The number of benzene rings is 1. The van der Waals surface area contributed by atoms with E-state index < -0.39 is 29.6 Å². The second-order valence-corrected chi connectivity index (χ2v) is 5.43. The van der Waals surface area contributed by atoms with Crippen LogP contribution < -0.4 is 10.2 Å². The molecule has 0 spiro atoms. The predicted molar refractivity (Wildman–Crippen MR) is 70.4 cm³/mol. The SMILES string of the molecule is CCCC(CC(=O)c1ccc(Br)cc1)(C(=O)[O-])C(=O)[O-]. The fourth-order valence-corrected chi connectivity index (χ4v) is 2.22. The smallest absolute Gasteiger partial charge is 0.164 e. The van der Waals surface area contributed by atoms with Crippen molar-refractivity contribution in [3.8, 4) is 0 Å². The monoisotopic (exact) mass is 340 g/mol. The number of carboxylic acids is 2. The Labute approximate surface area is 124 Å². The van der Waals surface area contributed by atoms with E-state index in [1.54, 1.807) is 19.1 Å². The third-order valence-electron chi connectivity index (χ3n) is 3.09. The van der Waals surface area contributed by atoms with Gasteiger partial charge in [0.15, 0.2) is 5.78 Å². The predicted octanol–water partition coefficient (Wildman–Crippen LogP) is 0.308. The van der Waals surface area contributed by atoms with Crippen molar-refractivity contribution in [2.45, 2.75) is 26.2 Å². The standard InChI is InChI=1S/C14H15BrO5/c1-2-7-14(12(17)18,13(19)20)8-11(16)9-3-5-10(15)6-4-9/h3-6H,2,7-8H2,1H3,(H,17,18)(H,19,20)/p-2. The van der Waals surface area contributed by atoms with Crippen LogP contribution in [0.25, 0.3) is 0 Å². The molecule has 0 atom stereocenters. The molecule has 1 rings (SSSR count). The van der Waals surface area contributed by atoms with Crippen LogP contribution >= 0.6 is 15.9 Å². The van der Waals surface area contributed by atoms with Crippen LogP contribution in [0.4, 0.5) is 0 Å². The lowest BCUT2D eigenvalue weighted by molar-refractivity contribution is -0.343. The number of carbonyl (C=O) groups excluding carboxylic acids is 3. The molecule has 0 aliphatic rings. The van der Waals surface area contributed by atoms with Crippen LogP contribution in [0, 0.1) is 5.41 Å². The quantitative estimate of drug-likeness (QED) is 0.525. The minimum Gasteiger partial charge on any atom is -0.549 e. The van der Waals surface area contributed by atoms with Gasteiger partial charge in [-0.05, 0) is 18.6 Å². The third kappa shape index (κ3) is 3.45. The minimum absolute atomic E-state index is 0.208. The van der Waals surface area contributed by atoms with Gasteiger partial charge in [0.25, 0.3) is 0 Å². The number of carboxylic acid groups (broad SMARTS) is 2. The number of hydrogen-bond acceptors (Lipinski definition) is 5. The number of Topliss-reactive ketones (excluding diaryl/α,β-unsaturated/α-hetero) is 1. The molecule has 20 heavy (non-hydrogen) atoms. The second kappa shape index (κ2) is 6.65. The van der Waals surface area contributed by atoms with Gasteiger partial charge in [-0.1, -0.05) is 41.4 Å². The number of rotatable bonds is 7. The van der Waals surface area contributed by atoms with Crippen molar-refractivity contribution in [1.82, 2.24) is 0 Å². The Morgan fingerprint density at radius 2 is 1.60 bits per heavy atom. The van der Waals surface area contributed by atoms with Crippen molar-refractivity contribution in [3.05, 3.63) is 34.3 Å². The van der Waals surface area contributed by atoms with E-state index in [1.807, 2.05) is 0 Å². The van der Waals surface area contributed by atoms with Gasteiger partial charge in [-0.2, -0.15) is 0 Å². The average molecular weight is 341 g/mol. The summed E-state index contributed by atoms with van der Waals surface area (Å²) < 4.78 is 0.758. The van der Waals surface area contributed by atoms with Crippen LogP contribution in [0.15, 0.2) is 28.7 Å². The first kappa shape index (κ1) is 16.4. The largest absolute Gasteiger partial charge is 0.549 e. The van der Waals surface area contributed by atoms with Gasteiger partial charge in [0.2, 0.25) is 0 Å². The van der Waals surface area contributed by atoms with E-state index in [4.69, 9.17) is 0 Å². The van der Waals surface area contributed by atoms with Crippen molar-refractivity contribution in [2.24, 2.45) is 5.41 Å². The molecule has 1 aromatic rings. The molecule has 0 saturated carbocycles. The number of carbonyl (C=O) groups is 3. The topological polar surface area (TPSA) is 97.3 Å². The molecule has 0 radical (unpaired) electrons. The molecule has 0 aliphatic carbocycles. The van der Waals surface area contributed by atoms with E-state index in [9.17, 15) is 24.6 Å². The van der Waals surface area contributed by atoms with E-state index in [1.165, 1.54) is 12.1 Å². The van der Waals surface area contributed by atoms with Crippen molar-refractivity contribution in [1.29, 1.82) is 0 Å². The summed E-state index contributed by atoms with van der Waals surface area (Å²) >= 11 is 3.21.